The Morgan fingerprint density at radius 2 is 1.96 bits per heavy atom. The maximum atomic E-state index is 12.3. The summed E-state index contributed by atoms with van der Waals surface area (Å²) in [6.07, 6.45) is 4.34. The molecule has 1 atom stereocenters. The molecule has 1 unspecified atom stereocenters. The molecule has 2 heterocycles. The number of ether oxygens (including phenoxy) is 1. The highest BCUT2D eigenvalue weighted by Crippen LogP contribution is 2.25. The van der Waals surface area contributed by atoms with Gasteiger partial charge in [-0.1, -0.05) is 36.4 Å². The molecule has 6 heteroatoms. The maximum Gasteiger partial charge on any atom is 0.410 e. The van der Waals surface area contributed by atoms with Crippen molar-refractivity contribution in [2.75, 3.05) is 6.54 Å². The standard InChI is InChI=1S/C21H27N3O3/c1-16-14-18(10-12-23(16)20(25)27-21(2,3)4)19-11-13-24(22-19)26-15-17-8-6-5-7-9-17/h5-9,11,13-14,16H,10,12,15H2,1-4H3. The fourth-order valence-corrected chi connectivity index (χ4v) is 2.97. The number of aromatic nitrogens is 2. The van der Waals surface area contributed by atoms with Crippen molar-refractivity contribution in [3.63, 3.8) is 0 Å². The van der Waals surface area contributed by atoms with Gasteiger partial charge in [-0.2, -0.15) is 0 Å². The van der Waals surface area contributed by atoms with E-state index in [0.717, 1.165) is 23.3 Å². The Kier molecular flexibility index (Phi) is 5.54. The first kappa shape index (κ1) is 19.0. The summed E-state index contributed by atoms with van der Waals surface area (Å²) in [4.78, 5) is 21.3. The van der Waals surface area contributed by atoms with Crippen molar-refractivity contribution < 1.29 is 14.4 Å². The van der Waals surface area contributed by atoms with Crippen LogP contribution in [-0.4, -0.2) is 39.1 Å². The Morgan fingerprint density at radius 1 is 1.22 bits per heavy atom. The van der Waals surface area contributed by atoms with Gasteiger partial charge >= 0.3 is 6.09 Å². The van der Waals surface area contributed by atoms with Crippen molar-refractivity contribution in [2.45, 2.75) is 52.4 Å². The number of amides is 1. The lowest BCUT2D eigenvalue weighted by molar-refractivity contribution is 0.0209. The number of nitrogens with zero attached hydrogens (tertiary/aromatic N) is 3. The summed E-state index contributed by atoms with van der Waals surface area (Å²) in [5.74, 6) is 0. The summed E-state index contributed by atoms with van der Waals surface area (Å²) < 4.78 is 5.48. The molecule has 27 heavy (non-hydrogen) atoms. The van der Waals surface area contributed by atoms with Crippen molar-refractivity contribution in [3.05, 3.63) is 59.9 Å². The van der Waals surface area contributed by atoms with Gasteiger partial charge in [-0.25, -0.2) is 4.79 Å². The van der Waals surface area contributed by atoms with E-state index in [4.69, 9.17) is 9.57 Å². The molecule has 0 saturated carbocycles. The molecule has 0 aliphatic carbocycles. The van der Waals surface area contributed by atoms with Crippen molar-refractivity contribution in [2.24, 2.45) is 0 Å². The van der Waals surface area contributed by atoms with Crippen LogP contribution in [0.5, 0.6) is 0 Å². The number of carbonyl (C=O) groups is 1. The Hall–Kier alpha value is -2.76. The number of hydrogen-bond donors (Lipinski definition) is 0. The lowest BCUT2D eigenvalue weighted by Crippen LogP contribution is -2.43. The first-order chi connectivity index (χ1) is 12.8. The van der Waals surface area contributed by atoms with Crippen LogP contribution < -0.4 is 4.84 Å². The zero-order valence-corrected chi connectivity index (χ0v) is 16.4. The van der Waals surface area contributed by atoms with Gasteiger partial charge in [-0.15, -0.1) is 9.94 Å². The van der Waals surface area contributed by atoms with E-state index < -0.39 is 5.60 Å². The van der Waals surface area contributed by atoms with Crippen molar-refractivity contribution >= 4 is 11.7 Å². The first-order valence-corrected chi connectivity index (χ1v) is 9.25. The van der Waals surface area contributed by atoms with Gasteiger partial charge in [0, 0.05) is 6.54 Å². The molecule has 0 N–H and O–H groups in total. The average Bonchev–Trinajstić information content (AvgIpc) is 3.08. The predicted octanol–water partition coefficient (Wildman–Crippen LogP) is 3.92. The van der Waals surface area contributed by atoms with Gasteiger partial charge in [0.25, 0.3) is 0 Å². The third-order valence-electron chi connectivity index (χ3n) is 4.29. The Labute approximate surface area is 160 Å². The van der Waals surface area contributed by atoms with Gasteiger partial charge in [0.15, 0.2) is 0 Å². The highest BCUT2D eigenvalue weighted by atomic mass is 16.7. The summed E-state index contributed by atoms with van der Waals surface area (Å²) in [6, 6.07) is 11.9. The molecular formula is C21H27N3O3. The number of carbonyl (C=O) groups excluding carboxylic acids is 1. The van der Waals surface area contributed by atoms with Crippen LogP contribution in [0.2, 0.25) is 0 Å². The lowest BCUT2D eigenvalue weighted by atomic mass is 10.0. The molecular weight excluding hydrogens is 342 g/mol. The fourth-order valence-electron chi connectivity index (χ4n) is 2.97. The predicted molar refractivity (Wildman–Crippen MR) is 104 cm³/mol. The third-order valence-corrected chi connectivity index (χ3v) is 4.29. The summed E-state index contributed by atoms with van der Waals surface area (Å²) in [6.45, 7) is 8.70. The first-order valence-electron chi connectivity index (χ1n) is 9.25. The molecule has 0 bridgehead atoms. The summed E-state index contributed by atoms with van der Waals surface area (Å²) in [5, 5.41) is 4.50. The topological polar surface area (TPSA) is 56.6 Å². The minimum atomic E-state index is -0.490. The molecule has 1 aromatic carbocycles. The molecule has 0 saturated heterocycles. The van der Waals surface area contributed by atoms with Crippen LogP contribution in [0.3, 0.4) is 0 Å². The van der Waals surface area contributed by atoms with Crippen molar-refractivity contribution in [3.8, 4) is 0 Å². The molecule has 1 amide bonds. The van der Waals surface area contributed by atoms with Crippen LogP contribution >= 0.6 is 0 Å². The van der Waals surface area contributed by atoms with Crippen molar-refractivity contribution in [1.82, 2.24) is 14.8 Å². The lowest BCUT2D eigenvalue weighted by Gasteiger charge is -2.33. The van der Waals surface area contributed by atoms with Gasteiger partial charge in [0.05, 0.1) is 17.9 Å². The van der Waals surface area contributed by atoms with Gasteiger partial charge in [0.1, 0.15) is 12.2 Å². The number of hydrogen-bond acceptors (Lipinski definition) is 4. The number of rotatable bonds is 4. The Bertz CT molecular complexity index is 806. The van der Waals surface area contributed by atoms with Crippen LogP contribution in [0.25, 0.3) is 5.57 Å². The van der Waals surface area contributed by atoms with E-state index in [0.29, 0.717) is 13.2 Å². The summed E-state index contributed by atoms with van der Waals surface area (Å²) in [7, 11) is 0. The smallest absolute Gasteiger partial charge is 0.410 e. The van der Waals surface area contributed by atoms with E-state index in [2.05, 4.69) is 11.2 Å². The summed E-state index contributed by atoms with van der Waals surface area (Å²) in [5.41, 5.74) is 2.59. The number of benzene rings is 1. The normalized spacial score (nSPS) is 17.4. The highest BCUT2D eigenvalue weighted by molar-refractivity contribution is 5.72. The van der Waals surface area contributed by atoms with E-state index in [1.807, 2.05) is 70.3 Å². The zero-order chi connectivity index (χ0) is 19.4. The second-order valence-corrected chi connectivity index (χ2v) is 7.72. The molecule has 2 aromatic rings. The van der Waals surface area contributed by atoms with Gasteiger partial charge in [-0.05, 0) is 51.3 Å². The van der Waals surface area contributed by atoms with Gasteiger partial charge in [-0.3, -0.25) is 0 Å². The molecule has 3 rings (SSSR count). The second-order valence-electron chi connectivity index (χ2n) is 7.72. The van der Waals surface area contributed by atoms with Crippen LogP contribution in [-0.2, 0) is 11.3 Å². The monoisotopic (exact) mass is 369 g/mol. The van der Waals surface area contributed by atoms with Crippen molar-refractivity contribution in [1.29, 1.82) is 0 Å². The SMILES string of the molecule is CC1C=C(c2ccn(OCc3ccccc3)n2)CCN1C(=O)OC(C)(C)C. The van der Waals surface area contributed by atoms with Crippen LogP contribution in [0.1, 0.15) is 45.4 Å². The van der Waals surface area contributed by atoms with E-state index >= 15 is 0 Å². The Balaban J connectivity index is 1.62. The largest absolute Gasteiger partial charge is 0.444 e. The summed E-state index contributed by atoms with van der Waals surface area (Å²) >= 11 is 0. The minimum absolute atomic E-state index is 0.0426. The van der Waals surface area contributed by atoms with Crippen LogP contribution in [0, 0.1) is 0 Å². The van der Waals surface area contributed by atoms with E-state index in [-0.39, 0.29) is 12.1 Å². The van der Waals surface area contributed by atoms with E-state index in [1.165, 1.54) is 4.85 Å². The van der Waals surface area contributed by atoms with E-state index in [9.17, 15) is 4.79 Å². The van der Waals surface area contributed by atoms with E-state index in [1.54, 1.807) is 4.90 Å². The second kappa shape index (κ2) is 7.86. The highest BCUT2D eigenvalue weighted by Gasteiger charge is 2.28. The van der Waals surface area contributed by atoms with Crippen LogP contribution in [0.4, 0.5) is 4.79 Å². The fraction of sp³-hybridized carbons (Fsp3) is 0.429. The molecule has 0 radical (unpaired) electrons. The average molecular weight is 369 g/mol. The van der Waals surface area contributed by atoms with Gasteiger partial charge < -0.3 is 14.5 Å². The van der Waals surface area contributed by atoms with Gasteiger partial charge in [0.2, 0.25) is 0 Å². The molecule has 1 aromatic heterocycles. The Morgan fingerprint density at radius 3 is 2.63 bits per heavy atom. The molecule has 1 aliphatic rings. The maximum absolute atomic E-state index is 12.3. The molecule has 0 fully saturated rings. The zero-order valence-electron chi connectivity index (χ0n) is 16.4. The quantitative estimate of drug-likeness (QED) is 0.819. The molecule has 6 nitrogen and oxygen atoms in total. The molecule has 1 aliphatic heterocycles. The minimum Gasteiger partial charge on any atom is -0.444 e. The van der Waals surface area contributed by atoms with Crippen LogP contribution in [0.15, 0.2) is 48.7 Å². The molecule has 0 spiro atoms. The molecule has 144 valence electrons. The third kappa shape index (κ3) is 5.12.